The van der Waals surface area contributed by atoms with Crippen LogP contribution in [-0.4, -0.2) is 0 Å². The molecule has 13 rings (SSSR count). The van der Waals surface area contributed by atoms with Crippen molar-refractivity contribution in [3.8, 4) is 33.4 Å². The minimum absolute atomic E-state index is 0.126. The minimum atomic E-state index is -0.529. The normalized spacial score (nSPS) is 14.0. The summed E-state index contributed by atoms with van der Waals surface area (Å²) in [6.07, 6.45) is 0. The molecular weight excluding hydrogens is 775 g/mol. The number of fused-ring (bicyclic) bond motifs is 10. The monoisotopic (exact) mass is 817 g/mol. The fourth-order valence-corrected chi connectivity index (χ4v) is 11.5. The first-order chi connectivity index (χ1) is 31.5. The van der Waals surface area contributed by atoms with Crippen molar-refractivity contribution in [2.75, 3.05) is 4.90 Å². The largest absolute Gasteiger partial charge is 0.453 e. The van der Waals surface area contributed by atoms with Crippen molar-refractivity contribution < 1.29 is 4.42 Å². The fraction of sp³-hybridized carbons (Fsp3) is 0.0645. The molecule has 0 fully saturated rings. The summed E-state index contributed by atoms with van der Waals surface area (Å²) < 4.78 is 7.42. The van der Waals surface area contributed by atoms with Gasteiger partial charge >= 0.3 is 0 Å². The summed E-state index contributed by atoms with van der Waals surface area (Å²) in [5.74, 6) is 0. The van der Waals surface area contributed by atoms with Gasteiger partial charge in [-0.2, -0.15) is 0 Å². The van der Waals surface area contributed by atoms with Crippen LogP contribution in [-0.2, 0) is 10.8 Å². The summed E-state index contributed by atoms with van der Waals surface area (Å²) in [5, 5.41) is 4.57. The molecule has 0 unspecified atom stereocenters. The van der Waals surface area contributed by atoms with E-state index in [4.69, 9.17) is 4.42 Å². The molecule has 2 aliphatic carbocycles. The van der Waals surface area contributed by atoms with E-state index in [2.05, 4.69) is 243 Å². The smallest absolute Gasteiger partial charge is 0.159 e. The maximum Gasteiger partial charge on any atom is 0.159 e. The van der Waals surface area contributed by atoms with Crippen LogP contribution in [0.15, 0.2) is 229 Å². The Morgan fingerprint density at radius 1 is 0.375 bits per heavy atom. The van der Waals surface area contributed by atoms with Gasteiger partial charge in [-0.3, -0.25) is 0 Å². The quantitative estimate of drug-likeness (QED) is 0.166. The van der Waals surface area contributed by atoms with Crippen LogP contribution < -0.4 is 4.90 Å². The van der Waals surface area contributed by atoms with E-state index in [0.717, 1.165) is 44.6 Å². The third-order valence-corrected chi connectivity index (χ3v) is 14.3. The molecule has 302 valence electrons. The molecule has 1 aromatic heterocycles. The van der Waals surface area contributed by atoms with Gasteiger partial charge < -0.3 is 9.32 Å². The topological polar surface area (TPSA) is 16.4 Å². The molecule has 0 N–H and O–H groups in total. The highest BCUT2D eigenvalue weighted by Gasteiger charge is 2.46. The van der Waals surface area contributed by atoms with E-state index in [1.807, 2.05) is 0 Å². The lowest BCUT2D eigenvalue weighted by Crippen LogP contribution is -2.28. The molecule has 2 heteroatoms. The first-order valence-corrected chi connectivity index (χ1v) is 22.3. The second kappa shape index (κ2) is 13.8. The Kier molecular flexibility index (Phi) is 7.90. The maximum atomic E-state index is 7.42. The molecule has 0 bridgehead atoms. The Hall–Kier alpha value is -7.94. The second-order valence-corrected chi connectivity index (χ2v) is 18.0. The molecule has 0 amide bonds. The van der Waals surface area contributed by atoms with E-state index >= 15 is 0 Å². The third kappa shape index (κ3) is 5.08. The van der Waals surface area contributed by atoms with E-state index in [1.54, 1.807) is 0 Å². The lowest BCUT2D eigenvalue weighted by molar-refractivity contribution is 0.660. The summed E-state index contributed by atoms with van der Waals surface area (Å²) >= 11 is 0. The summed E-state index contributed by atoms with van der Waals surface area (Å²) in [6.45, 7) is 4.71. The van der Waals surface area contributed by atoms with Gasteiger partial charge in [0.1, 0.15) is 5.58 Å². The molecule has 64 heavy (non-hydrogen) atoms. The number of furan rings is 1. The predicted octanol–water partition coefficient (Wildman–Crippen LogP) is 16.5. The van der Waals surface area contributed by atoms with Gasteiger partial charge in [0, 0.05) is 33.1 Å². The van der Waals surface area contributed by atoms with Gasteiger partial charge in [0.15, 0.2) is 5.58 Å². The average Bonchev–Trinajstić information content (AvgIpc) is 3.95. The third-order valence-electron chi connectivity index (χ3n) is 14.3. The Morgan fingerprint density at radius 3 is 1.70 bits per heavy atom. The highest BCUT2D eigenvalue weighted by Crippen LogP contribution is 2.58. The fourth-order valence-electron chi connectivity index (χ4n) is 11.5. The van der Waals surface area contributed by atoms with E-state index in [-0.39, 0.29) is 5.41 Å². The molecular formula is C62H43NO. The Balaban J connectivity index is 1.06. The standard InChI is InChI=1S/C62H43NO/c1-61(2)53-30-16-14-27-47(53)49-35-33-41(38-55(49)61)58-46-26-13-12-19-40(46)37-52-51-29-18-32-57(59(51)64-60(52)58)63(44-24-10-5-11-25-44)45-34-36-50-48-28-15-17-31-54(48)62(56(50)39-45,42-20-6-3-7-21-42)43-22-8-4-9-23-43/h3-39H,1-2H3. The van der Waals surface area contributed by atoms with E-state index < -0.39 is 5.41 Å². The van der Waals surface area contributed by atoms with Gasteiger partial charge in [0.25, 0.3) is 0 Å². The number of nitrogens with zero attached hydrogens (tertiary/aromatic N) is 1. The van der Waals surface area contributed by atoms with E-state index in [9.17, 15) is 0 Å². The number of para-hydroxylation sites is 2. The highest BCUT2D eigenvalue weighted by molar-refractivity contribution is 6.20. The summed E-state index contributed by atoms with van der Waals surface area (Å²) in [4.78, 5) is 2.39. The molecule has 0 saturated carbocycles. The summed E-state index contributed by atoms with van der Waals surface area (Å²) in [7, 11) is 0. The molecule has 0 spiro atoms. The van der Waals surface area contributed by atoms with Crippen molar-refractivity contribution in [1.82, 2.24) is 0 Å². The van der Waals surface area contributed by atoms with Crippen LogP contribution in [0, 0.1) is 0 Å². The molecule has 0 saturated heterocycles. The van der Waals surface area contributed by atoms with Crippen LogP contribution in [0.2, 0.25) is 0 Å². The number of rotatable bonds is 6. The van der Waals surface area contributed by atoms with E-state index in [1.165, 1.54) is 72.0 Å². The zero-order chi connectivity index (χ0) is 42.6. The van der Waals surface area contributed by atoms with Crippen LogP contribution in [0.4, 0.5) is 17.1 Å². The van der Waals surface area contributed by atoms with Crippen molar-refractivity contribution in [1.29, 1.82) is 0 Å². The molecule has 10 aromatic carbocycles. The maximum absolute atomic E-state index is 7.42. The Bertz CT molecular complexity index is 3600. The minimum Gasteiger partial charge on any atom is -0.453 e. The van der Waals surface area contributed by atoms with Crippen LogP contribution in [0.3, 0.4) is 0 Å². The van der Waals surface area contributed by atoms with Gasteiger partial charge in [-0.25, -0.2) is 0 Å². The molecule has 0 atom stereocenters. The van der Waals surface area contributed by atoms with Crippen LogP contribution in [0.5, 0.6) is 0 Å². The number of benzene rings is 10. The lowest BCUT2D eigenvalue weighted by atomic mass is 9.67. The summed E-state index contributed by atoms with van der Waals surface area (Å²) in [6, 6.07) is 82.5. The van der Waals surface area contributed by atoms with Crippen molar-refractivity contribution in [2.24, 2.45) is 0 Å². The Morgan fingerprint density at radius 2 is 0.953 bits per heavy atom. The predicted molar refractivity (Wildman–Crippen MR) is 266 cm³/mol. The van der Waals surface area contributed by atoms with Gasteiger partial charge in [0.05, 0.1) is 11.1 Å². The first kappa shape index (κ1) is 36.7. The van der Waals surface area contributed by atoms with Crippen LogP contribution in [0.1, 0.15) is 47.2 Å². The highest BCUT2D eigenvalue weighted by atomic mass is 16.3. The number of hydrogen-bond donors (Lipinski definition) is 0. The molecule has 2 aliphatic rings. The zero-order valence-corrected chi connectivity index (χ0v) is 35.7. The molecule has 0 radical (unpaired) electrons. The van der Waals surface area contributed by atoms with Crippen molar-refractivity contribution in [2.45, 2.75) is 24.7 Å². The molecule has 11 aromatic rings. The van der Waals surface area contributed by atoms with Crippen molar-refractivity contribution in [3.63, 3.8) is 0 Å². The van der Waals surface area contributed by atoms with Crippen molar-refractivity contribution >= 4 is 49.8 Å². The summed E-state index contributed by atoms with van der Waals surface area (Å²) in [5.41, 5.74) is 19.4. The van der Waals surface area contributed by atoms with Crippen LogP contribution >= 0.6 is 0 Å². The molecule has 0 aliphatic heterocycles. The first-order valence-electron chi connectivity index (χ1n) is 22.3. The number of hydrogen-bond acceptors (Lipinski definition) is 2. The van der Waals surface area contributed by atoms with Gasteiger partial charge in [-0.1, -0.05) is 196 Å². The zero-order valence-electron chi connectivity index (χ0n) is 35.7. The number of anilines is 3. The lowest BCUT2D eigenvalue weighted by Gasteiger charge is -2.34. The Labute approximate surface area is 373 Å². The van der Waals surface area contributed by atoms with Crippen LogP contribution in [0.25, 0.3) is 66.1 Å². The van der Waals surface area contributed by atoms with Gasteiger partial charge in [0.2, 0.25) is 0 Å². The second-order valence-electron chi connectivity index (χ2n) is 18.0. The van der Waals surface area contributed by atoms with Gasteiger partial charge in [-0.15, -0.1) is 0 Å². The molecule has 1 heterocycles. The van der Waals surface area contributed by atoms with Gasteiger partial charge in [-0.05, 0) is 114 Å². The SMILES string of the molecule is CC1(C)c2ccccc2-c2ccc(-c3c4ccccc4cc4c3oc3c(N(c5ccccc5)c5ccc6c(c5)C(c5ccccc5)(c5ccccc5)c5ccccc5-6)cccc34)cc21. The molecule has 2 nitrogen and oxygen atoms in total. The van der Waals surface area contributed by atoms with Crippen molar-refractivity contribution in [3.05, 3.63) is 258 Å². The average molecular weight is 818 g/mol. The van der Waals surface area contributed by atoms with E-state index in [0.29, 0.717) is 0 Å².